The molecule has 1 saturated carbocycles. The highest BCUT2D eigenvalue weighted by Gasteiger charge is 2.49. The molecule has 1 fully saturated rings. The number of pyridine rings is 3. The third-order valence-corrected chi connectivity index (χ3v) is 5.27. The second-order valence-corrected chi connectivity index (χ2v) is 7.68. The molecule has 0 aromatic carbocycles. The van der Waals surface area contributed by atoms with E-state index in [4.69, 9.17) is 23.2 Å². The number of amides is 1. The highest BCUT2D eigenvalue weighted by atomic mass is 35.5. The van der Waals surface area contributed by atoms with Gasteiger partial charge in [0.05, 0.1) is 10.4 Å². The zero-order valence-corrected chi connectivity index (χ0v) is 16.6. The van der Waals surface area contributed by atoms with E-state index in [-0.39, 0.29) is 27.0 Å². The van der Waals surface area contributed by atoms with Gasteiger partial charge in [-0.25, -0.2) is 9.97 Å². The molecular formula is C19H13Cl2F3N4O2. The van der Waals surface area contributed by atoms with Crippen LogP contribution in [0.15, 0.2) is 41.5 Å². The van der Waals surface area contributed by atoms with Gasteiger partial charge in [-0.1, -0.05) is 23.2 Å². The topological polar surface area (TPSA) is 76.9 Å². The molecule has 11 heteroatoms. The standard InChI is InChI=1S/C19H13Cl2F3N4O2/c20-12-2-1-7-25-17(12)28-8-11(14(29)10-5-6-13(21)26-16(10)28)18(30)27-15(9-3-4-9)19(22,23)24/h1-2,5-9,15H,3-4H2,(H,27,30)/t15-/m1/s1. The van der Waals surface area contributed by atoms with E-state index in [1.54, 1.807) is 6.07 Å². The summed E-state index contributed by atoms with van der Waals surface area (Å²) in [4.78, 5) is 33.8. The van der Waals surface area contributed by atoms with Gasteiger partial charge in [0.25, 0.3) is 5.91 Å². The minimum absolute atomic E-state index is 0.0104. The molecule has 0 aliphatic heterocycles. The van der Waals surface area contributed by atoms with E-state index in [9.17, 15) is 22.8 Å². The second-order valence-electron chi connectivity index (χ2n) is 6.89. The SMILES string of the molecule is O=C(N[C@H](C1CC1)C(F)(F)F)c1cn(-c2ncccc2Cl)c2nc(Cl)ccc2c1=O. The number of carbonyl (C=O) groups excluding carboxylic acids is 1. The van der Waals surface area contributed by atoms with Crippen LogP contribution in [0.1, 0.15) is 23.2 Å². The number of nitrogens with zero attached hydrogens (tertiary/aromatic N) is 3. The zero-order chi connectivity index (χ0) is 21.6. The summed E-state index contributed by atoms with van der Waals surface area (Å²) in [6, 6.07) is 3.79. The van der Waals surface area contributed by atoms with Crippen LogP contribution in [0.25, 0.3) is 16.9 Å². The Labute approximate surface area is 177 Å². The molecule has 1 atom stereocenters. The number of alkyl halides is 3. The molecular weight excluding hydrogens is 444 g/mol. The molecule has 3 aromatic heterocycles. The largest absolute Gasteiger partial charge is 0.408 e. The van der Waals surface area contributed by atoms with Gasteiger partial charge in [0, 0.05) is 12.4 Å². The molecule has 30 heavy (non-hydrogen) atoms. The van der Waals surface area contributed by atoms with Crippen LogP contribution in [0.2, 0.25) is 10.2 Å². The van der Waals surface area contributed by atoms with E-state index < -0.39 is 35.0 Å². The normalized spacial score (nSPS) is 15.2. The smallest absolute Gasteiger partial charge is 0.340 e. The van der Waals surface area contributed by atoms with E-state index in [2.05, 4.69) is 9.97 Å². The molecule has 6 nitrogen and oxygen atoms in total. The summed E-state index contributed by atoms with van der Waals surface area (Å²) < 4.78 is 41.3. The Hall–Kier alpha value is -2.65. The van der Waals surface area contributed by atoms with E-state index >= 15 is 0 Å². The highest BCUT2D eigenvalue weighted by Crippen LogP contribution is 2.40. The van der Waals surface area contributed by atoms with Crippen LogP contribution in [0.3, 0.4) is 0 Å². The number of fused-ring (bicyclic) bond motifs is 1. The molecule has 0 radical (unpaired) electrons. The predicted molar refractivity (Wildman–Crippen MR) is 105 cm³/mol. The Morgan fingerprint density at radius 2 is 1.97 bits per heavy atom. The first-order valence-electron chi connectivity index (χ1n) is 8.87. The third kappa shape index (κ3) is 3.87. The van der Waals surface area contributed by atoms with Crippen molar-refractivity contribution in [1.82, 2.24) is 19.9 Å². The van der Waals surface area contributed by atoms with Gasteiger partial charge in [-0.2, -0.15) is 13.2 Å². The molecule has 0 spiro atoms. The summed E-state index contributed by atoms with van der Waals surface area (Å²) in [5.74, 6) is -1.68. The van der Waals surface area contributed by atoms with Crippen molar-refractivity contribution >= 4 is 40.1 Å². The summed E-state index contributed by atoms with van der Waals surface area (Å²) in [6.07, 6.45) is -1.39. The maximum absolute atomic E-state index is 13.3. The predicted octanol–water partition coefficient (Wildman–Crippen LogP) is 4.16. The van der Waals surface area contributed by atoms with Gasteiger partial charge >= 0.3 is 6.18 Å². The monoisotopic (exact) mass is 456 g/mol. The van der Waals surface area contributed by atoms with Crippen molar-refractivity contribution in [2.45, 2.75) is 25.1 Å². The Morgan fingerprint density at radius 3 is 2.60 bits per heavy atom. The lowest BCUT2D eigenvalue weighted by Gasteiger charge is -2.21. The van der Waals surface area contributed by atoms with E-state index in [0.717, 1.165) is 6.20 Å². The van der Waals surface area contributed by atoms with Crippen molar-refractivity contribution in [1.29, 1.82) is 0 Å². The van der Waals surface area contributed by atoms with Gasteiger partial charge in [-0.05, 0) is 43.0 Å². The number of halogens is 5. The highest BCUT2D eigenvalue weighted by molar-refractivity contribution is 6.32. The Bertz CT molecular complexity index is 1210. The van der Waals surface area contributed by atoms with Crippen molar-refractivity contribution in [2.75, 3.05) is 0 Å². The second kappa shape index (κ2) is 7.55. The summed E-state index contributed by atoms with van der Waals surface area (Å²) in [6.45, 7) is 0. The van der Waals surface area contributed by atoms with Crippen molar-refractivity contribution in [3.05, 3.63) is 62.6 Å². The fourth-order valence-corrected chi connectivity index (χ4v) is 3.53. The molecule has 1 aliphatic rings. The summed E-state index contributed by atoms with van der Waals surface area (Å²) in [7, 11) is 0. The molecule has 156 valence electrons. The molecule has 0 saturated heterocycles. The van der Waals surface area contributed by atoms with E-state index in [0.29, 0.717) is 12.8 Å². The Morgan fingerprint density at radius 1 is 1.23 bits per heavy atom. The number of nitrogens with one attached hydrogen (secondary N) is 1. The van der Waals surface area contributed by atoms with Crippen LogP contribution in [0.5, 0.6) is 0 Å². The maximum atomic E-state index is 13.3. The summed E-state index contributed by atoms with van der Waals surface area (Å²) in [5.41, 5.74) is -1.19. The van der Waals surface area contributed by atoms with Crippen LogP contribution in [-0.2, 0) is 0 Å². The maximum Gasteiger partial charge on any atom is 0.408 e. The molecule has 0 unspecified atom stereocenters. The first kappa shape index (κ1) is 20.6. The van der Waals surface area contributed by atoms with E-state index in [1.165, 1.54) is 29.0 Å². The van der Waals surface area contributed by atoms with Crippen molar-refractivity contribution < 1.29 is 18.0 Å². The number of aromatic nitrogens is 3. The van der Waals surface area contributed by atoms with Crippen LogP contribution in [0, 0.1) is 5.92 Å². The van der Waals surface area contributed by atoms with Crippen molar-refractivity contribution in [3.63, 3.8) is 0 Å². The fraction of sp³-hybridized carbons (Fsp3) is 0.263. The van der Waals surface area contributed by atoms with Crippen LogP contribution >= 0.6 is 23.2 Å². The van der Waals surface area contributed by atoms with E-state index in [1.807, 2.05) is 5.32 Å². The minimum atomic E-state index is -4.62. The number of carbonyl (C=O) groups is 1. The lowest BCUT2D eigenvalue weighted by atomic mass is 10.1. The molecule has 4 rings (SSSR count). The molecule has 3 heterocycles. The van der Waals surface area contributed by atoms with Crippen LogP contribution < -0.4 is 10.7 Å². The molecule has 1 amide bonds. The first-order chi connectivity index (χ1) is 14.2. The summed E-state index contributed by atoms with van der Waals surface area (Å²) in [5, 5.41) is 2.21. The van der Waals surface area contributed by atoms with Gasteiger partial charge in [0.2, 0.25) is 5.43 Å². The van der Waals surface area contributed by atoms with Crippen LogP contribution in [0.4, 0.5) is 13.2 Å². The molecule has 0 bridgehead atoms. The Kier molecular flexibility index (Phi) is 5.19. The Balaban J connectivity index is 1.88. The first-order valence-corrected chi connectivity index (χ1v) is 9.63. The molecule has 1 aliphatic carbocycles. The van der Waals surface area contributed by atoms with Gasteiger partial charge in [0.15, 0.2) is 11.5 Å². The third-order valence-electron chi connectivity index (χ3n) is 4.76. The minimum Gasteiger partial charge on any atom is -0.340 e. The van der Waals surface area contributed by atoms with Gasteiger partial charge < -0.3 is 5.32 Å². The average Bonchev–Trinajstić information content (AvgIpc) is 3.51. The van der Waals surface area contributed by atoms with Crippen LogP contribution in [-0.4, -0.2) is 32.7 Å². The summed E-state index contributed by atoms with van der Waals surface area (Å²) >= 11 is 12.1. The zero-order valence-electron chi connectivity index (χ0n) is 15.1. The fourth-order valence-electron chi connectivity index (χ4n) is 3.17. The van der Waals surface area contributed by atoms with Gasteiger partial charge in [-0.3, -0.25) is 14.2 Å². The molecule has 3 aromatic rings. The molecule has 1 N–H and O–H groups in total. The number of hydrogen-bond donors (Lipinski definition) is 1. The van der Waals surface area contributed by atoms with Crippen molar-refractivity contribution in [3.8, 4) is 5.82 Å². The number of hydrogen-bond acceptors (Lipinski definition) is 4. The quantitative estimate of drug-likeness (QED) is 0.598. The van der Waals surface area contributed by atoms with Gasteiger partial charge in [-0.15, -0.1) is 0 Å². The lowest BCUT2D eigenvalue weighted by Crippen LogP contribution is -2.48. The number of rotatable bonds is 4. The van der Waals surface area contributed by atoms with Gasteiger partial charge in [0.1, 0.15) is 16.8 Å². The average molecular weight is 457 g/mol. The van der Waals surface area contributed by atoms with Crippen molar-refractivity contribution in [2.24, 2.45) is 5.92 Å². The lowest BCUT2D eigenvalue weighted by molar-refractivity contribution is -0.158.